The Kier molecular flexibility index (Phi) is 9.24. The molecule has 1 N–H and O–H groups in total. The lowest BCUT2D eigenvalue weighted by Crippen LogP contribution is -2.54. The average Bonchev–Trinajstić information content (AvgIpc) is 3.62. The molecule has 218 valence electrons. The fourth-order valence-electron chi connectivity index (χ4n) is 7.26. The largest absolute Gasteiger partial charge is 0.461 e. The number of alkyl halides is 1. The highest BCUT2D eigenvalue weighted by Crippen LogP contribution is 2.37. The van der Waals surface area contributed by atoms with E-state index in [9.17, 15) is 18.8 Å². The SMILES string of the molecule is CCOC(=O)c1cc2cc(CC(=O)[C@@H]3[C@H](N4CCCCC4)CCN3C(=O)C3CCC([C@H](C)CF)CC3)ccc2[nH]1. The Hall–Kier alpha value is -2.74. The fraction of sp³-hybridized carbons (Fsp3) is 0.656. The Balaban J connectivity index is 1.33. The molecule has 3 heterocycles. The molecule has 1 aliphatic carbocycles. The summed E-state index contributed by atoms with van der Waals surface area (Å²) >= 11 is 0. The average molecular weight is 554 g/mol. The van der Waals surface area contributed by atoms with Crippen molar-refractivity contribution in [2.45, 2.75) is 83.7 Å². The first kappa shape index (κ1) is 28.8. The zero-order valence-electron chi connectivity index (χ0n) is 24.0. The number of likely N-dealkylation sites (tertiary alicyclic amines) is 2. The van der Waals surface area contributed by atoms with Crippen molar-refractivity contribution in [2.24, 2.45) is 17.8 Å². The van der Waals surface area contributed by atoms with Crippen LogP contribution in [0.4, 0.5) is 4.39 Å². The lowest BCUT2D eigenvalue weighted by molar-refractivity contribution is -0.143. The van der Waals surface area contributed by atoms with Crippen LogP contribution in [-0.4, -0.2) is 77.4 Å². The first-order chi connectivity index (χ1) is 19.4. The fourth-order valence-corrected chi connectivity index (χ4v) is 7.26. The Morgan fingerprint density at radius 1 is 1.02 bits per heavy atom. The molecule has 0 bridgehead atoms. The third-order valence-electron chi connectivity index (χ3n) is 9.57. The number of carbonyl (C=O) groups excluding carboxylic acids is 3. The minimum atomic E-state index is -0.440. The van der Waals surface area contributed by atoms with E-state index in [2.05, 4.69) is 9.88 Å². The Morgan fingerprint density at radius 2 is 1.77 bits per heavy atom. The van der Waals surface area contributed by atoms with Gasteiger partial charge in [-0.05, 0) is 101 Å². The summed E-state index contributed by atoms with van der Waals surface area (Å²) in [6.45, 7) is 6.33. The van der Waals surface area contributed by atoms with Gasteiger partial charge in [0.1, 0.15) is 11.7 Å². The lowest BCUT2D eigenvalue weighted by atomic mass is 9.76. The number of piperidine rings is 1. The summed E-state index contributed by atoms with van der Waals surface area (Å²) in [5, 5.41) is 0.861. The molecule has 2 aromatic rings. The second kappa shape index (κ2) is 12.8. The summed E-state index contributed by atoms with van der Waals surface area (Å²) < 4.78 is 18.3. The summed E-state index contributed by atoms with van der Waals surface area (Å²) in [5.74, 6) is 0.126. The Morgan fingerprint density at radius 3 is 2.48 bits per heavy atom. The van der Waals surface area contributed by atoms with Crippen molar-refractivity contribution < 1.29 is 23.5 Å². The van der Waals surface area contributed by atoms with Crippen LogP contribution in [0.3, 0.4) is 0 Å². The second-order valence-corrected chi connectivity index (χ2v) is 12.1. The molecule has 2 aliphatic heterocycles. The third kappa shape index (κ3) is 6.12. The number of ether oxygens (including phenoxy) is 1. The van der Waals surface area contributed by atoms with Gasteiger partial charge in [0.25, 0.3) is 0 Å². The van der Waals surface area contributed by atoms with Crippen molar-refractivity contribution in [3.63, 3.8) is 0 Å². The molecule has 1 amide bonds. The molecular formula is C32H44FN3O4. The number of aromatic amines is 1. The number of aromatic nitrogens is 1. The third-order valence-corrected chi connectivity index (χ3v) is 9.57. The van der Waals surface area contributed by atoms with E-state index in [1.807, 2.05) is 30.0 Å². The standard InChI is InChI=1S/C32H44FN3O4/c1-3-40-32(39)27-19-25-17-22(7-12-26(25)34-27)18-29(37)30-28(35-14-5-4-6-15-35)13-16-36(30)31(38)24-10-8-23(9-11-24)21(2)20-33/h7,12,17,19,21,23-24,28,30,34H,3-6,8-11,13-16,18,20H2,1-2H3/t21-,23?,24?,28-,30+/m1/s1. The van der Waals surface area contributed by atoms with E-state index in [4.69, 9.17) is 4.74 Å². The number of amides is 1. The number of nitrogens with zero attached hydrogens (tertiary/aromatic N) is 2. The Labute approximate surface area is 236 Å². The van der Waals surface area contributed by atoms with E-state index in [1.54, 1.807) is 13.0 Å². The van der Waals surface area contributed by atoms with Crippen LogP contribution in [0, 0.1) is 17.8 Å². The van der Waals surface area contributed by atoms with Gasteiger partial charge in [0.2, 0.25) is 5.91 Å². The first-order valence-electron chi connectivity index (χ1n) is 15.3. The molecule has 2 saturated heterocycles. The maximum Gasteiger partial charge on any atom is 0.354 e. The Bertz CT molecular complexity index is 1200. The molecule has 1 saturated carbocycles. The van der Waals surface area contributed by atoms with Crippen molar-refractivity contribution in [1.82, 2.24) is 14.8 Å². The zero-order chi connectivity index (χ0) is 28.2. The van der Waals surface area contributed by atoms with Gasteiger partial charge in [-0.1, -0.05) is 19.4 Å². The highest BCUT2D eigenvalue weighted by molar-refractivity contribution is 5.96. The number of benzene rings is 1. The molecule has 0 spiro atoms. The minimum absolute atomic E-state index is 0.0476. The summed E-state index contributed by atoms with van der Waals surface area (Å²) in [4.78, 5) is 47.5. The van der Waals surface area contributed by atoms with Crippen LogP contribution in [0.15, 0.2) is 24.3 Å². The van der Waals surface area contributed by atoms with Crippen LogP contribution >= 0.6 is 0 Å². The van der Waals surface area contributed by atoms with Gasteiger partial charge in [-0.3, -0.25) is 18.9 Å². The number of rotatable bonds is 9. The van der Waals surface area contributed by atoms with Crippen molar-refractivity contribution in [3.05, 3.63) is 35.5 Å². The molecule has 3 fully saturated rings. The zero-order valence-corrected chi connectivity index (χ0v) is 24.0. The molecule has 0 unspecified atom stereocenters. The van der Waals surface area contributed by atoms with Gasteiger partial charge in [0.05, 0.1) is 13.3 Å². The van der Waals surface area contributed by atoms with Gasteiger partial charge in [-0.2, -0.15) is 0 Å². The predicted octanol–water partition coefficient (Wildman–Crippen LogP) is 5.32. The number of fused-ring (bicyclic) bond motifs is 1. The van der Waals surface area contributed by atoms with Crippen molar-refractivity contribution in [3.8, 4) is 0 Å². The highest BCUT2D eigenvalue weighted by atomic mass is 19.1. The summed E-state index contributed by atoms with van der Waals surface area (Å²) in [5.41, 5.74) is 2.10. The first-order valence-corrected chi connectivity index (χ1v) is 15.3. The van der Waals surface area contributed by atoms with Gasteiger partial charge >= 0.3 is 5.97 Å². The number of Topliss-reactive ketones (excluding diaryl/α,β-unsaturated/α-hetero) is 1. The summed E-state index contributed by atoms with van der Waals surface area (Å²) in [6, 6.07) is 7.17. The molecular weight excluding hydrogens is 509 g/mol. The predicted molar refractivity (Wildman–Crippen MR) is 153 cm³/mol. The van der Waals surface area contributed by atoms with Crippen molar-refractivity contribution >= 4 is 28.6 Å². The quantitative estimate of drug-likeness (QED) is 0.425. The molecule has 7 nitrogen and oxygen atoms in total. The van der Waals surface area contributed by atoms with E-state index < -0.39 is 12.0 Å². The van der Waals surface area contributed by atoms with E-state index in [0.29, 0.717) is 24.8 Å². The van der Waals surface area contributed by atoms with Crippen LogP contribution in [0.1, 0.15) is 81.3 Å². The molecule has 1 aromatic carbocycles. The van der Waals surface area contributed by atoms with Crippen LogP contribution < -0.4 is 0 Å². The van der Waals surface area contributed by atoms with Gasteiger partial charge in [0, 0.05) is 35.8 Å². The van der Waals surface area contributed by atoms with Crippen molar-refractivity contribution in [1.29, 1.82) is 0 Å². The second-order valence-electron chi connectivity index (χ2n) is 12.1. The van der Waals surface area contributed by atoms with E-state index in [-0.39, 0.29) is 42.7 Å². The van der Waals surface area contributed by atoms with E-state index in [0.717, 1.165) is 74.5 Å². The normalized spacial score (nSPS) is 26.6. The van der Waals surface area contributed by atoms with Crippen LogP contribution in [0.2, 0.25) is 0 Å². The number of hydrogen-bond acceptors (Lipinski definition) is 5. The van der Waals surface area contributed by atoms with Gasteiger partial charge in [0.15, 0.2) is 5.78 Å². The number of nitrogens with one attached hydrogen (secondary N) is 1. The van der Waals surface area contributed by atoms with E-state index >= 15 is 0 Å². The van der Waals surface area contributed by atoms with Gasteiger partial charge in [-0.15, -0.1) is 0 Å². The maximum absolute atomic E-state index is 14.0. The number of esters is 1. The van der Waals surface area contributed by atoms with Gasteiger partial charge in [-0.25, -0.2) is 4.79 Å². The maximum atomic E-state index is 14.0. The monoisotopic (exact) mass is 553 g/mol. The summed E-state index contributed by atoms with van der Waals surface area (Å²) in [6.07, 6.45) is 7.90. The molecule has 3 atom stereocenters. The number of halogens is 1. The van der Waals surface area contributed by atoms with Crippen LogP contribution in [0.25, 0.3) is 10.9 Å². The number of H-pyrrole nitrogens is 1. The van der Waals surface area contributed by atoms with E-state index in [1.165, 1.54) is 6.42 Å². The number of ketones is 1. The molecule has 1 aromatic heterocycles. The molecule has 3 aliphatic rings. The van der Waals surface area contributed by atoms with Crippen LogP contribution in [0.5, 0.6) is 0 Å². The highest BCUT2D eigenvalue weighted by Gasteiger charge is 2.46. The van der Waals surface area contributed by atoms with Crippen molar-refractivity contribution in [2.75, 3.05) is 32.9 Å². The molecule has 40 heavy (non-hydrogen) atoms. The topological polar surface area (TPSA) is 82.7 Å². The molecule has 8 heteroatoms. The molecule has 0 radical (unpaired) electrons. The number of carbonyl (C=O) groups is 3. The van der Waals surface area contributed by atoms with Gasteiger partial charge < -0.3 is 14.6 Å². The smallest absolute Gasteiger partial charge is 0.354 e. The minimum Gasteiger partial charge on any atom is -0.461 e. The molecule has 5 rings (SSSR count). The summed E-state index contributed by atoms with van der Waals surface area (Å²) in [7, 11) is 0. The number of hydrogen-bond donors (Lipinski definition) is 1. The lowest BCUT2D eigenvalue weighted by Gasteiger charge is -2.38. The van der Waals surface area contributed by atoms with Crippen LogP contribution in [-0.2, 0) is 20.7 Å².